The number of methoxy groups -OCH3 is 1. The van der Waals surface area contributed by atoms with Gasteiger partial charge in [0.1, 0.15) is 0 Å². The van der Waals surface area contributed by atoms with Gasteiger partial charge in [-0.05, 0) is 24.1 Å². The van der Waals surface area contributed by atoms with E-state index in [2.05, 4.69) is 5.32 Å². The maximum Gasteiger partial charge on any atom is 0.241 e. The average molecular weight is 236 g/mol. The lowest BCUT2D eigenvalue weighted by Crippen LogP contribution is -2.35. The molecular weight excluding hydrogens is 216 g/mol. The summed E-state index contributed by atoms with van der Waals surface area (Å²) in [5.74, 6) is -0.138. The van der Waals surface area contributed by atoms with E-state index >= 15 is 0 Å². The Morgan fingerprint density at radius 3 is 2.94 bits per heavy atom. The molecule has 4 nitrogen and oxygen atoms in total. The summed E-state index contributed by atoms with van der Waals surface area (Å²) in [6, 6.07) is 7.13. The van der Waals surface area contributed by atoms with Crippen LogP contribution in [0.5, 0.6) is 0 Å². The highest BCUT2D eigenvalue weighted by Gasteiger charge is 2.12. The van der Waals surface area contributed by atoms with Crippen LogP contribution in [0.2, 0.25) is 0 Å². The van der Waals surface area contributed by atoms with E-state index in [9.17, 15) is 4.79 Å². The quantitative estimate of drug-likeness (QED) is 0.793. The summed E-state index contributed by atoms with van der Waals surface area (Å²) >= 11 is 0. The summed E-state index contributed by atoms with van der Waals surface area (Å²) in [6.07, 6.45) is 1.60. The molecule has 0 aromatic heterocycles. The molecule has 1 amide bonds. The third-order valence-electron chi connectivity index (χ3n) is 2.44. The van der Waals surface area contributed by atoms with Gasteiger partial charge in [0.15, 0.2) is 0 Å². The molecular formula is C13H20N2O2. The third-order valence-corrected chi connectivity index (χ3v) is 2.44. The van der Waals surface area contributed by atoms with Gasteiger partial charge in [0.05, 0.1) is 12.6 Å². The van der Waals surface area contributed by atoms with E-state index in [1.165, 1.54) is 0 Å². The summed E-state index contributed by atoms with van der Waals surface area (Å²) in [5, 5.41) is 2.81. The van der Waals surface area contributed by atoms with Gasteiger partial charge in [-0.25, -0.2) is 0 Å². The summed E-state index contributed by atoms with van der Waals surface area (Å²) in [7, 11) is 1.64. The van der Waals surface area contributed by atoms with Gasteiger partial charge < -0.3 is 15.8 Å². The van der Waals surface area contributed by atoms with E-state index in [0.29, 0.717) is 13.0 Å². The fourth-order valence-electron chi connectivity index (χ4n) is 1.58. The van der Waals surface area contributed by atoms with Crippen LogP contribution < -0.4 is 11.1 Å². The summed E-state index contributed by atoms with van der Waals surface area (Å²) in [6.45, 7) is 2.54. The van der Waals surface area contributed by atoms with Gasteiger partial charge in [0.25, 0.3) is 0 Å². The van der Waals surface area contributed by atoms with Crippen molar-refractivity contribution in [2.24, 2.45) is 5.73 Å². The summed E-state index contributed by atoms with van der Waals surface area (Å²) < 4.78 is 5.04. The molecule has 4 heteroatoms. The fraction of sp³-hybridized carbons (Fsp3) is 0.462. The molecule has 1 atom stereocenters. The van der Waals surface area contributed by atoms with Gasteiger partial charge >= 0.3 is 0 Å². The number of carbonyl (C=O) groups excluding carboxylic acids is 1. The average Bonchev–Trinajstić information content (AvgIpc) is 2.30. The van der Waals surface area contributed by atoms with Crippen molar-refractivity contribution in [1.82, 2.24) is 0 Å². The number of amides is 1. The Morgan fingerprint density at radius 1 is 1.53 bits per heavy atom. The van der Waals surface area contributed by atoms with Crippen molar-refractivity contribution >= 4 is 11.6 Å². The van der Waals surface area contributed by atoms with Crippen molar-refractivity contribution < 1.29 is 9.53 Å². The van der Waals surface area contributed by atoms with Crippen LogP contribution in [0.4, 0.5) is 5.69 Å². The molecule has 1 aromatic carbocycles. The number of ether oxygens (including phenoxy) is 1. The number of nitrogens with two attached hydrogens (primary N) is 1. The minimum absolute atomic E-state index is 0.138. The van der Waals surface area contributed by atoms with Crippen LogP contribution in [0.3, 0.4) is 0 Å². The highest BCUT2D eigenvalue weighted by atomic mass is 16.5. The van der Waals surface area contributed by atoms with Crippen molar-refractivity contribution in [3.63, 3.8) is 0 Å². The van der Waals surface area contributed by atoms with E-state index in [1.807, 2.05) is 31.2 Å². The van der Waals surface area contributed by atoms with Crippen molar-refractivity contribution in [2.45, 2.75) is 32.4 Å². The van der Waals surface area contributed by atoms with Gasteiger partial charge in [-0.3, -0.25) is 4.79 Å². The number of hydrogen-bond donors (Lipinski definition) is 2. The Labute approximate surface area is 102 Å². The second-order valence-electron chi connectivity index (χ2n) is 4.02. The lowest BCUT2D eigenvalue weighted by Gasteiger charge is -2.11. The number of hydrogen-bond acceptors (Lipinski definition) is 3. The SMILES string of the molecule is CCC[C@@H](N)C(=O)Nc1cccc(COC)c1. The second kappa shape index (κ2) is 7.04. The van der Waals surface area contributed by atoms with Gasteiger partial charge in [-0.15, -0.1) is 0 Å². The molecule has 17 heavy (non-hydrogen) atoms. The number of carbonyl (C=O) groups is 1. The highest BCUT2D eigenvalue weighted by Crippen LogP contribution is 2.12. The van der Waals surface area contributed by atoms with Gasteiger partial charge in [-0.1, -0.05) is 25.5 Å². The molecule has 3 N–H and O–H groups in total. The lowest BCUT2D eigenvalue weighted by atomic mass is 10.1. The molecule has 0 heterocycles. The molecule has 0 unspecified atom stereocenters. The first-order chi connectivity index (χ1) is 8.17. The predicted octanol–water partition coefficient (Wildman–Crippen LogP) is 1.90. The molecule has 0 aliphatic rings. The topological polar surface area (TPSA) is 64.4 Å². The smallest absolute Gasteiger partial charge is 0.241 e. The molecule has 0 fully saturated rings. The van der Waals surface area contributed by atoms with Crippen LogP contribution in [-0.2, 0) is 16.1 Å². The highest BCUT2D eigenvalue weighted by molar-refractivity contribution is 5.94. The van der Waals surface area contributed by atoms with Gasteiger partial charge in [-0.2, -0.15) is 0 Å². The maximum absolute atomic E-state index is 11.7. The van der Waals surface area contributed by atoms with Crippen LogP contribution in [0.1, 0.15) is 25.3 Å². The van der Waals surface area contributed by atoms with E-state index < -0.39 is 6.04 Å². The number of anilines is 1. The molecule has 1 aromatic rings. The number of benzene rings is 1. The molecule has 0 aliphatic heterocycles. The third kappa shape index (κ3) is 4.54. The maximum atomic E-state index is 11.7. The Bertz CT molecular complexity index is 366. The van der Waals surface area contributed by atoms with E-state index in [4.69, 9.17) is 10.5 Å². The van der Waals surface area contributed by atoms with E-state index in [-0.39, 0.29) is 5.91 Å². The first-order valence-corrected chi connectivity index (χ1v) is 5.81. The zero-order chi connectivity index (χ0) is 12.7. The first kappa shape index (κ1) is 13.7. The van der Waals surface area contributed by atoms with Crippen molar-refractivity contribution in [3.8, 4) is 0 Å². The Kier molecular flexibility index (Phi) is 5.66. The van der Waals surface area contributed by atoms with E-state index in [1.54, 1.807) is 7.11 Å². The normalized spacial score (nSPS) is 12.2. The first-order valence-electron chi connectivity index (χ1n) is 5.81. The van der Waals surface area contributed by atoms with Crippen LogP contribution in [0, 0.1) is 0 Å². The monoisotopic (exact) mass is 236 g/mol. The van der Waals surface area contributed by atoms with Gasteiger partial charge in [0, 0.05) is 12.8 Å². The number of nitrogens with one attached hydrogen (secondary N) is 1. The molecule has 1 rings (SSSR count). The van der Waals surface area contributed by atoms with Gasteiger partial charge in [0.2, 0.25) is 5.91 Å². The number of rotatable bonds is 6. The van der Waals surface area contributed by atoms with E-state index in [0.717, 1.165) is 17.7 Å². The predicted molar refractivity (Wildman–Crippen MR) is 68.7 cm³/mol. The molecule has 94 valence electrons. The zero-order valence-electron chi connectivity index (χ0n) is 10.4. The Hall–Kier alpha value is -1.39. The van der Waals surface area contributed by atoms with Crippen molar-refractivity contribution in [2.75, 3.05) is 12.4 Å². The van der Waals surface area contributed by atoms with Crippen LogP contribution >= 0.6 is 0 Å². The molecule has 0 aliphatic carbocycles. The Morgan fingerprint density at radius 2 is 2.29 bits per heavy atom. The molecule has 0 radical (unpaired) electrons. The van der Waals surface area contributed by atoms with Crippen LogP contribution in [-0.4, -0.2) is 19.1 Å². The molecule has 0 saturated carbocycles. The van der Waals surface area contributed by atoms with Crippen molar-refractivity contribution in [1.29, 1.82) is 0 Å². The summed E-state index contributed by atoms with van der Waals surface area (Å²) in [5.41, 5.74) is 7.52. The zero-order valence-corrected chi connectivity index (χ0v) is 10.4. The summed E-state index contributed by atoms with van der Waals surface area (Å²) in [4.78, 5) is 11.7. The largest absolute Gasteiger partial charge is 0.380 e. The lowest BCUT2D eigenvalue weighted by molar-refractivity contribution is -0.117. The van der Waals surface area contributed by atoms with Crippen molar-refractivity contribution in [3.05, 3.63) is 29.8 Å². The molecule has 0 bridgehead atoms. The molecule has 0 spiro atoms. The van der Waals surface area contributed by atoms with Crippen LogP contribution in [0.25, 0.3) is 0 Å². The Balaban J connectivity index is 2.61. The fourth-order valence-corrected chi connectivity index (χ4v) is 1.58. The standard InChI is InChI=1S/C13H20N2O2/c1-3-5-12(14)13(16)15-11-7-4-6-10(8-11)9-17-2/h4,6-8,12H,3,5,9,14H2,1-2H3,(H,15,16)/t12-/m1/s1. The molecule has 0 saturated heterocycles. The minimum atomic E-state index is -0.439. The van der Waals surface area contributed by atoms with Crippen LogP contribution in [0.15, 0.2) is 24.3 Å². The second-order valence-corrected chi connectivity index (χ2v) is 4.02. The minimum Gasteiger partial charge on any atom is -0.380 e.